The number of anilines is 3. The van der Waals surface area contributed by atoms with Crippen LogP contribution in [-0.4, -0.2) is 65.0 Å². The largest absolute Gasteiger partial charge is 0.512 e. The highest BCUT2D eigenvalue weighted by Crippen LogP contribution is 2.35. The third-order valence-electron chi connectivity index (χ3n) is 6.99. The van der Waals surface area contributed by atoms with Crippen LogP contribution in [0.15, 0.2) is 42.3 Å². The molecule has 4 N–H and O–H groups in total. The molecule has 1 saturated heterocycles. The molecule has 0 radical (unpaired) electrons. The van der Waals surface area contributed by atoms with Crippen molar-refractivity contribution in [2.45, 2.75) is 45.6 Å². The zero-order chi connectivity index (χ0) is 24.9. The van der Waals surface area contributed by atoms with Crippen molar-refractivity contribution in [1.82, 2.24) is 14.9 Å². The molecule has 188 valence electrons. The Kier molecular flexibility index (Phi) is 8.03. The van der Waals surface area contributed by atoms with Crippen LogP contribution in [0, 0.1) is 11.8 Å². The van der Waals surface area contributed by atoms with Gasteiger partial charge in [0.05, 0.1) is 23.4 Å². The first-order valence-corrected chi connectivity index (χ1v) is 12.6. The van der Waals surface area contributed by atoms with Crippen LogP contribution in [0.25, 0.3) is 0 Å². The lowest BCUT2D eigenvalue weighted by atomic mass is 9.84. The van der Waals surface area contributed by atoms with E-state index in [1.54, 1.807) is 0 Å². The number of nitrogens with one attached hydrogen (secondary N) is 1. The monoisotopic (exact) mass is 478 g/mol. The second-order valence-corrected chi connectivity index (χ2v) is 10.3. The third-order valence-corrected chi connectivity index (χ3v) is 6.99. The van der Waals surface area contributed by atoms with Gasteiger partial charge in [0.1, 0.15) is 6.29 Å². The summed E-state index contributed by atoms with van der Waals surface area (Å²) in [6.45, 7) is 11.3. The lowest BCUT2D eigenvalue weighted by Gasteiger charge is -2.37. The van der Waals surface area contributed by atoms with E-state index < -0.39 is 0 Å². The van der Waals surface area contributed by atoms with Gasteiger partial charge in [0.2, 0.25) is 5.95 Å². The summed E-state index contributed by atoms with van der Waals surface area (Å²) in [5.74, 6) is 1.53. The molecule has 1 aromatic carbocycles. The zero-order valence-corrected chi connectivity index (χ0v) is 21.0. The molecule has 35 heavy (non-hydrogen) atoms. The second-order valence-electron chi connectivity index (χ2n) is 10.3. The normalized spacial score (nSPS) is 20.2. The summed E-state index contributed by atoms with van der Waals surface area (Å²) in [6.07, 6.45) is 5.98. The number of aromatic nitrogens is 2. The van der Waals surface area contributed by atoms with Crippen molar-refractivity contribution in [3.05, 3.63) is 53.6 Å². The highest BCUT2D eigenvalue weighted by molar-refractivity contribution is 5.60. The number of piperazine rings is 1. The SMILES string of the molecule is CC(CC(N)C=O)CN1CCN(c2ccc(Nc3ncc4c(n3)C(C(C)C)C(O)=CC4)cc2)CC1. The van der Waals surface area contributed by atoms with Crippen molar-refractivity contribution in [3.63, 3.8) is 0 Å². The van der Waals surface area contributed by atoms with Crippen molar-refractivity contribution < 1.29 is 9.90 Å². The topological polar surface area (TPSA) is 108 Å². The van der Waals surface area contributed by atoms with Crippen LogP contribution in [0.4, 0.5) is 17.3 Å². The maximum atomic E-state index is 10.8. The molecule has 8 nitrogen and oxygen atoms in total. The van der Waals surface area contributed by atoms with Gasteiger partial charge in [0, 0.05) is 50.3 Å². The zero-order valence-electron chi connectivity index (χ0n) is 21.0. The van der Waals surface area contributed by atoms with Crippen LogP contribution >= 0.6 is 0 Å². The Hall–Kier alpha value is -2.97. The Morgan fingerprint density at radius 2 is 1.89 bits per heavy atom. The molecule has 3 unspecified atom stereocenters. The van der Waals surface area contributed by atoms with Gasteiger partial charge >= 0.3 is 0 Å². The highest BCUT2D eigenvalue weighted by Gasteiger charge is 2.28. The van der Waals surface area contributed by atoms with Gasteiger partial charge in [-0.15, -0.1) is 0 Å². The molecule has 2 heterocycles. The second kappa shape index (κ2) is 11.2. The van der Waals surface area contributed by atoms with E-state index in [-0.39, 0.29) is 17.9 Å². The quantitative estimate of drug-likeness (QED) is 0.469. The molecule has 2 aliphatic rings. The smallest absolute Gasteiger partial charge is 0.227 e. The van der Waals surface area contributed by atoms with Crippen LogP contribution in [-0.2, 0) is 11.2 Å². The van der Waals surface area contributed by atoms with Gasteiger partial charge < -0.3 is 25.9 Å². The van der Waals surface area contributed by atoms with E-state index in [0.29, 0.717) is 24.0 Å². The number of nitrogens with zero attached hydrogens (tertiary/aromatic N) is 4. The predicted molar refractivity (Wildman–Crippen MR) is 140 cm³/mol. The van der Waals surface area contributed by atoms with Gasteiger partial charge in [-0.2, -0.15) is 0 Å². The summed E-state index contributed by atoms with van der Waals surface area (Å²) in [7, 11) is 0. The number of carbonyl (C=O) groups is 1. The Bertz CT molecular complexity index is 1030. The Labute approximate surface area is 208 Å². The van der Waals surface area contributed by atoms with Crippen molar-refractivity contribution in [3.8, 4) is 0 Å². The van der Waals surface area contributed by atoms with Crippen LogP contribution in [0.5, 0.6) is 0 Å². The first kappa shape index (κ1) is 25.1. The molecular weight excluding hydrogens is 440 g/mol. The average molecular weight is 479 g/mol. The highest BCUT2D eigenvalue weighted by atomic mass is 16.3. The molecule has 1 aliphatic heterocycles. The number of aldehydes is 1. The van der Waals surface area contributed by atoms with Gasteiger partial charge in [-0.25, -0.2) is 9.97 Å². The molecule has 1 aliphatic carbocycles. The van der Waals surface area contributed by atoms with Crippen LogP contribution < -0.4 is 16.0 Å². The van der Waals surface area contributed by atoms with Crippen LogP contribution in [0.3, 0.4) is 0 Å². The number of fused-ring (bicyclic) bond motifs is 1. The fraction of sp³-hybridized carbons (Fsp3) is 0.519. The summed E-state index contributed by atoms with van der Waals surface area (Å²) < 4.78 is 0. The van der Waals surface area contributed by atoms with E-state index in [1.807, 2.05) is 12.3 Å². The lowest BCUT2D eigenvalue weighted by Crippen LogP contribution is -2.48. The van der Waals surface area contributed by atoms with Crippen molar-refractivity contribution >= 4 is 23.6 Å². The minimum atomic E-state index is -0.356. The molecule has 1 fully saturated rings. The van der Waals surface area contributed by atoms with Gasteiger partial charge in [-0.1, -0.05) is 20.8 Å². The summed E-state index contributed by atoms with van der Waals surface area (Å²) in [5.41, 5.74) is 9.89. The minimum Gasteiger partial charge on any atom is -0.512 e. The molecule has 0 amide bonds. The number of nitrogens with two attached hydrogens (primary N) is 1. The lowest BCUT2D eigenvalue weighted by molar-refractivity contribution is -0.109. The number of aliphatic hydroxyl groups excluding tert-OH is 1. The minimum absolute atomic E-state index is 0.0897. The summed E-state index contributed by atoms with van der Waals surface area (Å²) >= 11 is 0. The van der Waals surface area contributed by atoms with E-state index in [2.05, 4.69) is 65.1 Å². The fourth-order valence-electron chi connectivity index (χ4n) is 5.15. The standard InChI is InChI=1S/C27H38N6O2/c1-18(2)25-24(35)9-4-20-15-29-27(31-26(20)25)30-22-5-7-23(8-6-22)33-12-10-32(11-13-33)16-19(3)14-21(28)17-34/h5-9,15,17-19,21,25,35H,4,10-14,16,28H2,1-3H3,(H,29,30,31). The Morgan fingerprint density at radius 3 is 2.54 bits per heavy atom. The van der Waals surface area contributed by atoms with Crippen LogP contribution in [0.2, 0.25) is 0 Å². The fourth-order valence-corrected chi connectivity index (χ4v) is 5.15. The molecule has 0 spiro atoms. The molecule has 0 saturated carbocycles. The number of hydrogen-bond donors (Lipinski definition) is 3. The van der Waals surface area contributed by atoms with E-state index in [0.717, 1.165) is 62.4 Å². The molecule has 4 rings (SSSR count). The molecule has 0 bridgehead atoms. The molecule has 1 aromatic heterocycles. The van der Waals surface area contributed by atoms with Gasteiger partial charge in [-0.05, 0) is 60.6 Å². The predicted octanol–water partition coefficient (Wildman–Crippen LogP) is 3.63. The van der Waals surface area contributed by atoms with E-state index in [1.165, 1.54) is 5.69 Å². The molecule has 8 heteroatoms. The maximum Gasteiger partial charge on any atom is 0.227 e. The number of allylic oxidation sites excluding steroid dienone is 2. The molecule has 2 aromatic rings. The third kappa shape index (κ3) is 6.18. The first-order chi connectivity index (χ1) is 16.8. The molecular formula is C27H38N6O2. The number of rotatable bonds is 9. The van der Waals surface area contributed by atoms with Crippen molar-refractivity contribution in [2.24, 2.45) is 17.6 Å². The first-order valence-electron chi connectivity index (χ1n) is 12.6. The maximum absolute atomic E-state index is 10.8. The Morgan fingerprint density at radius 1 is 1.17 bits per heavy atom. The number of carbonyl (C=O) groups excluding carboxylic acids is 1. The number of hydrogen-bond acceptors (Lipinski definition) is 8. The average Bonchev–Trinajstić information content (AvgIpc) is 2.84. The Balaban J connectivity index is 1.33. The van der Waals surface area contributed by atoms with Crippen molar-refractivity contribution in [2.75, 3.05) is 42.9 Å². The summed E-state index contributed by atoms with van der Waals surface area (Å²) in [6, 6.07) is 8.03. The van der Waals surface area contributed by atoms with Gasteiger partial charge in [-0.3, -0.25) is 4.90 Å². The van der Waals surface area contributed by atoms with Gasteiger partial charge in [0.25, 0.3) is 0 Å². The van der Waals surface area contributed by atoms with E-state index >= 15 is 0 Å². The van der Waals surface area contributed by atoms with Crippen molar-refractivity contribution in [1.29, 1.82) is 0 Å². The van der Waals surface area contributed by atoms with E-state index in [4.69, 9.17) is 10.7 Å². The molecule has 3 atom stereocenters. The van der Waals surface area contributed by atoms with Gasteiger partial charge in [0.15, 0.2) is 0 Å². The van der Waals surface area contributed by atoms with Crippen LogP contribution in [0.1, 0.15) is 44.4 Å². The van der Waals surface area contributed by atoms with E-state index in [9.17, 15) is 9.90 Å². The summed E-state index contributed by atoms with van der Waals surface area (Å²) in [4.78, 5) is 24.9. The summed E-state index contributed by atoms with van der Waals surface area (Å²) in [5, 5.41) is 13.7. The number of aliphatic hydroxyl groups is 1. The number of benzene rings is 1.